The Morgan fingerprint density at radius 1 is 1.25 bits per heavy atom. The number of halogens is 1. The molecule has 20 heavy (non-hydrogen) atoms. The average Bonchev–Trinajstić information content (AvgIpc) is 2.81. The lowest BCUT2D eigenvalue weighted by molar-refractivity contribution is 0.619. The van der Waals surface area contributed by atoms with E-state index in [0.29, 0.717) is 0 Å². The molecule has 2 aromatic rings. The van der Waals surface area contributed by atoms with Gasteiger partial charge in [-0.05, 0) is 59.8 Å². The summed E-state index contributed by atoms with van der Waals surface area (Å²) in [6.45, 7) is 5.92. The van der Waals surface area contributed by atoms with Gasteiger partial charge in [0, 0.05) is 17.1 Å². The molecule has 1 aromatic carbocycles. The number of rotatable bonds is 6. The first kappa shape index (κ1) is 15.4. The second-order valence-electron chi connectivity index (χ2n) is 4.46. The Kier molecular flexibility index (Phi) is 5.54. The van der Waals surface area contributed by atoms with Crippen molar-refractivity contribution < 1.29 is 0 Å². The molecule has 1 N–H and O–H groups in total. The Labute approximate surface area is 133 Å². The van der Waals surface area contributed by atoms with Crippen LogP contribution in [0.5, 0.6) is 0 Å². The topological polar surface area (TPSA) is 29.9 Å². The summed E-state index contributed by atoms with van der Waals surface area (Å²) < 4.78 is 3.20. The summed E-state index contributed by atoms with van der Waals surface area (Å²) in [5.74, 6) is 0. The molecule has 3 nitrogen and oxygen atoms in total. The van der Waals surface area contributed by atoms with Crippen molar-refractivity contribution in [3.8, 4) is 0 Å². The zero-order chi connectivity index (χ0) is 14.5. The number of nitrogens with one attached hydrogen (secondary N) is 1. The van der Waals surface area contributed by atoms with Gasteiger partial charge in [0.15, 0.2) is 0 Å². The Hall–Kier alpha value is -0.940. The minimum Gasteiger partial charge on any atom is -0.379 e. The molecule has 0 aliphatic rings. The summed E-state index contributed by atoms with van der Waals surface area (Å²) in [5, 5.41) is 8.08. The van der Waals surface area contributed by atoms with Crippen molar-refractivity contribution >= 4 is 33.4 Å². The fourth-order valence-electron chi connectivity index (χ4n) is 2.08. The lowest BCUT2D eigenvalue weighted by atomic mass is 10.3. The van der Waals surface area contributed by atoms with Crippen LogP contribution in [0.4, 0.5) is 5.69 Å². The fraction of sp³-hybridized carbons (Fsp3) is 0.400. The van der Waals surface area contributed by atoms with Gasteiger partial charge in [-0.2, -0.15) is 5.10 Å². The largest absolute Gasteiger partial charge is 0.379 e. The van der Waals surface area contributed by atoms with Gasteiger partial charge in [-0.1, -0.05) is 6.92 Å². The van der Waals surface area contributed by atoms with E-state index < -0.39 is 0 Å². The van der Waals surface area contributed by atoms with Crippen molar-refractivity contribution in [3.63, 3.8) is 0 Å². The smallest absolute Gasteiger partial charge is 0.0767 e. The van der Waals surface area contributed by atoms with Crippen LogP contribution in [-0.2, 0) is 19.5 Å². The highest BCUT2D eigenvalue weighted by Crippen LogP contribution is 2.24. The van der Waals surface area contributed by atoms with Crippen LogP contribution in [-0.4, -0.2) is 16.0 Å². The first-order valence-electron chi connectivity index (χ1n) is 6.81. The van der Waals surface area contributed by atoms with Crippen molar-refractivity contribution in [2.24, 2.45) is 0 Å². The van der Waals surface area contributed by atoms with Crippen LogP contribution in [0.3, 0.4) is 0 Å². The van der Waals surface area contributed by atoms with Gasteiger partial charge >= 0.3 is 0 Å². The minimum absolute atomic E-state index is 0.778. The van der Waals surface area contributed by atoms with Gasteiger partial charge < -0.3 is 5.32 Å². The summed E-state index contributed by atoms with van der Waals surface area (Å²) in [7, 11) is 0. The monoisotopic (exact) mass is 353 g/mol. The van der Waals surface area contributed by atoms with Crippen molar-refractivity contribution in [2.75, 3.05) is 11.6 Å². The van der Waals surface area contributed by atoms with Gasteiger partial charge in [0.2, 0.25) is 0 Å². The molecule has 5 heteroatoms. The molecule has 0 amide bonds. The lowest BCUT2D eigenvalue weighted by Crippen LogP contribution is -2.08. The first-order valence-corrected chi connectivity index (χ1v) is 8.83. The highest BCUT2D eigenvalue weighted by atomic mass is 79.9. The molecule has 108 valence electrons. The summed E-state index contributed by atoms with van der Waals surface area (Å²) in [5.41, 5.74) is 3.47. The van der Waals surface area contributed by atoms with Gasteiger partial charge in [0.25, 0.3) is 0 Å². The van der Waals surface area contributed by atoms with Crippen LogP contribution in [0.2, 0.25) is 0 Å². The van der Waals surface area contributed by atoms with Crippen LogP contribution >= 0.6 is 27.7 Å². The molecule has 0 spiro atoms. The number of aryl methyl sites for hydroxylation is 2. The molecular weight excluding hydrogens is 334 g/mol. The van der Waals surface area contributed by atoms with Crippen LogP contribution in [0.15, 0.2) is 33.6 Å². The van der Waals surface area contributed by atoms with E-state index in [2.05, 4.69) is 75.4 Å². The molecule has 0 unspecified atom stereocenters. The minimum atomic E-state index is 0.778. The molecule has 0 saturated heterocycles. The van der Waals surface area contributed by atoms with Crippen molar-refractivity contribution in [3.05, 3.63) is 40.1 Å². The van der Waals surface area contributed by atoms with E-state index in [-0.39, 0.29) is 0 Å². The number of nitrogens with zero attached hydrogens (tertiary/aromatic N) is 2. The van der Waals surface area contributed by atoms with E-state index >= 15 is 0 Å². The highest BCUT2D eigenvalue weighted by molar-refractivity contribution is 9.10. The second-order valence-corrected chi connectivity index (χ2v) is 6.13. The lowest BCUT2D eigenvalue weighted by Gasteiger charge is -2.09. The van der Waals surface area contributed by atoms with Gasteiger partial charge in [-0.3, -0.25) is 4.68 Å². The molecule has 1 aromatic heterocycles. The number of benzene rings is 1. The van der Waals surface area contributed by atoms with Gasteiger partial charge in [-0.15, -0.1) is 11.8 Å². The highest BCUT2D eigenvalue weighted by Gasteiger charge is 2.13. The number of aromatic nitrogens is 2. The fourth-order valence-corrected chi connectivity index (χ4v) is 3.19. The van der Waals surface area contributed by atoms with Crippen molar-refractivity contribution in [1.82, 2.24) is 9.78 Å². The Balaban J connectivity index is 2.11. The SMILES string of the molecule is CCc1nn(CC)c(CNc2ccc(SC)cc2)c1Br. The van der Waals surface area contributed by atoms with E-state index in [4.69, 9.17) is 0 Å². The number of anilines is 1. The van der Waals surface area contributed by atoms with E-state index in [9.17, 15) is 0 Å². The van der Waals surface area contributed by atoms with E-state index in [1.54, 1.807) is 11.8 Å². The molecule has 0 saturated carbocycles. The van der Waals surface area contributed by atoms with Crippen LogP contribution in [0.1, 0.15) is 25.2 Å². The number of hydrogen-bond acceptors (Lipinski definition) is 3. The Morgan fingerprint density at radius 2 is 1.95 bits per heavy atom. The normalized spacial score (nSPS) is 10.8. The van der Waals surface area contributed by atoms with E-state index in [1.807, 2.05) is 0 Å². The number of hydrogen-bond donors (Lipinski definition) is 1. The Morgan fingerprint density at radius 3 is 2.50 bits per heavy atom. The zero-order valence-electron chi connectivity index (χ0n) is 12.1. The molecule has 0 radical (unpaired) electrons. The summed E-state index contributed by atoms with van der Waals surface area (Å²) >= 11 is 5.43. The molecule has 1 heterocycles. The van der Waals surface area contributed by atoms with Crippen molar-refractivity contribution in [1.29, 1.82) is 0 Å². The summed E-state index contributed by atoms with van der Waals surface area (Å²) in [6, 6.07) is 8.51. The predicted molar refractivity (Wildman–Crippen MR) is 90.5 cm³/mol. The summed E-state index contributed by atoms with van der Waals surface area (Å²) in [6.07, 6.45) is 3.04. The van der Waals surface area contributed by atoms with Crippen molar-refractivity contribution in [2.45, 2.75) is 38.3 Å². The second kappa shape index (κ2) is 7.18. The molecule has 2 rings (SSSR count). The predicted octanol–water partition coefficient (Wildman–Crippen LogP) is 4.56. The van der Waals surface area contributed by atoms with Gasteiger partial charge in [-0.25, -0.2) is 0 Å². The molecule has 0 fully saturated rings. The van der Waals surface area contributed by atoms with E-state index in [0.717, 1.165) is 35.4 Å². The molecule has 0 aliphatic carbocycles. The molecule has 0 aliphatic heterocycles. The van der Waals surface area contributed by atoms with E-state index in [1.165, 1.54) is 10.6 Å². The van der Waals surface area contributed by atoms with Crippen LogP contribution in [0, 0.1) is 0 Å². The molecular formula is C15H20BrN3S. The maximum atomic E-state index is 4.61. The third-order valence-electron chi connectivity index (χ3n) is 3.24. The molecule has 0 atom stereocenters. The number of thioether (sulfide) groups is 1. The maximum Gasteiger partial charge on any atom is 0.0767 e. The first-order chi connectivity index (χ1) is 9.69. The van der Waals surface area contributed by atoms with Gasteiger partial charge in [0.1, 0.15) is 0 Å². The third-order valence-corrected chi connectivity index (χ3v) is 4.90. The summed E-state index contributed by atoms with van der Waals surface area (Å²) in [4.78, 5) is 1.28. The van der Waals surface area contributed by atoms with Gasteiger partial charge in [0.05, 0.1) is 22.4 Å². The quantitative estimate of drug-likeness (QED) is 0.771. The maximum absolute atomic E-state index is 4.61. The van der Waals surface area contributed by atoms with Crippen LogP contribution in [0.25, 0.3) is 0 Å². The Bertz CT molecular complexity index is 563. The third kappa shape index (κ3) is 3.38. The standard InChI is InChI=1S/C15H20BrN3S/c1-4-13-15(16)14(19(5-2)18-13)10-17-11-6-8-12(20-3)9-7-11/h6-9,17H,4-5,10H2,1-3H3. The molecule has 0 bridgehead atoms. The van der Waals surface area contributed by atoms with Crippen LogP contribution < -0.4 is 5.32 Å². The average molecular weight is 354 g/mol. The zero-order valence-corrected chi connectivity index (χ0v) is 14.5.